The summed E-state index contributed by atoms with van der Waals surface area (Å²) in [5, 5.41) is 6.36. The van der Waals surface area contributed by atoms with Crippen molar-refractivity contribution < 1.29 is 4.39 Å². The van der Waals surface area contributed by atoms with Crippen molar-refractivity contribution in [2.75, 3.05) is 12.3 Å². The van der Waals surface area contributed by atoms with Gasteiger partial charge < -0.3 is 22.1 Å². The zero-order valence-electron chi connectivity index (χ0n) is 15.1. The van der Waals surface area contributed by atoms with E-state index in [0.29, 0.717) is 47.8 Å². The molecule has 2 unspecified atom stereocenters. The summed E-state index contributed by atoms with van der Waals surface area (Å²) < 4.78 is 13.8. The molecule has 1 aromatic rings. The van der Waals surface area contributed by atoms with E-state index in [1.165, 1.54) is 0 Å². The van der Waals surface area contributed by atoms with E-state index in [1.807, 2.05) is 24.3 Å². The first-order valence-corrected chi connectivity index (χ1v) is 8.82. The third kappa shape index (κ3) is 7.80. The molecule has 6 N–H and O–H groups in total. The van der Waals surface area contributed by atoms with Crippen molar-refractivity contribution in [3.8, 4) is 0 Å². The van der Waals surface area contributed by atoms with Gasteiger partial charge in [-0.3, -0.25) is 0 Å². The first kappa shape index (κ1) is 21.9. The Labute approximate surface area is 161 Å². The minimum absolute atomic E-state index is 0.212. The lowest BCUT2D eigenvalue weighted by atomic mass is 10.0. The van der Waals surface area contributed by atoms with Crippen molar-refractivity contribution in [2.24, 2.45) is 5.73 Å². The van der Waals surface area contributed by atoms with Crippen LogP contribution >= 0.6 is 12.6 Å². The molecule has 0 heterocycles. The van der Waals surface area contributed by atoms with Gasteiger partial charge in [-0.25, -0.2) is 4.39 Å². The molecular weight excluding hydrogens is 347 g/mol. The summed E-state index contributed by atoms with van der Waals surface area (Å²) in [7, 11) is 0. The maximum absolute atomic E-state index is 13.8. The van der Waals surface area contributed by atoms with Crippen LogP contribution < -0.4 is 22.1 Å². The van der Waals surface area contributed by atoms with Gasteiger partial charge in [0.25, 0.3) is 0 Å². The van der Waals surface area contributed by atoms with E-state index in [4.69, 9.17) is 11.5 Å². The third-order valence-electron chi connectivity index (χ3n) is 3.92. The van der Waals surface area contributed by atoms with Gasteiger partial charge in [0, 0.05) is 23.6 Å². The second-order valence-electron chi connectivity index (χ2n) is 6.22. The lowest BCUT2D eigenvalue weighted by Crippen LogP contribution is -2.42. The van der Waals surface area contributed by atoms with Gasteiger partial charge in [-0.15, -0.1) is 12.6 Å². The molecule has 0 aliphatic carbocycles. The molecule has 142 valence electrons. The molecule has 0 bridgehead atoms. The lowest BCUT2D eigenvalue weighted by molar-refractivity contribution is 0.454. The standard InChI is InChI=1S/C20H29FN4S/c1-13(12-22)24-20(11-17-6-8-18(23)9-7-17)16(4)25-19(15(3)21)10-5-14(2)26/h6-9,19-20,24-26H,1-5,10-12,22-23H2. The number of nitrogens with one attached hydrogen (secondary N) is 2. The molecule has 0 aromatic heterocycles. The van der Waals surface area contributed by atoms with Crippen LogP contribution in [-0.4, -0.2) is 18.6 Å². The molecule has 1 aromatic carbocycles. The number of benzene rings is 1. The topological polar surface area (TPSA) is 76.1 Å². The molecule has 0 amide bonds. The van der Waals surface area contributed by atoms with Crippen molar-refractivity contribution in [3.63, 3.8) is 0 Å². The Balaban J connectivity index is 2.87. The minimum atomic E-state index is -0.562. The second-order valence-corrected chi connectivity index (χ2v) is 6.86. The molecule has 2 atom stereocenters. The SMILES string of the molecule is C=C(S)CCC(NC(=C)C(Cc1ccc(N)cc1)NC(=C)CN)C(=C)F. The van der Waals surface area contributed by atoms with Crippen molar-refractivity contribution >= 4 is 18.3 Å². The van der Waals surface area contributed by atoms with Gasteiger partial charge in [0.2, 0.25) is 0 Å². The molecule has 0 saturated heterocycles. The summed E-state index contributed by atoms with van der Waals surface area (Å²) in [6.07, 6.45) is 1.68. The molecular formula is C20H29FN4S. The largest absolute Gasteiger partial charge is 0.399 e. The van der Waals surface area contributed by atoms with Gasteiger partial charge in [-0.2, -0.15) is 0 Å². The summed E-state index contributed by atoms with van der Waals surface area (Å²) >= 11 is 4.16. The Morgan fingerprint density at radius 1 is 1.08 bits per heavy atom. The van der Waals surface area contributed by atoms with Crippen molar-refractivity contribution in [2.45, 2.75) is 31.3 Å². The monoisotopic (exact) mass is 376 g/mol. The Morgan fingerprint density at radius 3 is 2.19 bits per heavy atom. The van der Waals surface area contributed by atoms with Gasteiger partial charge >= 0.3 is 0 Å². The number of rotatable bonds is 12. The van der Waals surface area contributed by atoms with Crippen LogP contribution in [0.2, 0.25) is 0 Å². The Morgan fingerprint density at radius 2 is 1.69 bits per heavy atom. The summed E-state index contributed by atoms with van der Waals surface area (Å²) in [5.41, 5.74) is 14.4. The van der Waals surface area contributed by atoms with E-state index in [9.17, 15) is 4.39 Å². The van der Waals surface area contributed by atoms with Crippen LogP contribution in [0.4, 0.5) is 10.1 Å². The molecule has 0 fully saturated rings. The average molecular weight is 377 g/mol. The molecule has 1 rings (SSSR count). The summed E-state index contributed by atoms with van der Waals surface area (Å²) in [4.78, 5) is 0.691. The number of allylic oxidation sites excluding steroid dienone is 1. The molecule has 0 aliphatic heterocycles. The quantitative estimate of drug-likeness (QED) is 0.286. The maximum Gasteiger partial charge on any atom is 0.115 e. The predicted octanol–water partition coefficient (Wildman–Crippen LogP) is 3.42. The number of hydrogen-bond acceptors (Lipinski definition) is 5. The van der Waals surface area contributed by atoms with Crippen LogP contribution in [0.1, 0.15) is 18.4 Å². The zero-order valence-corrected chi connectivity index (χ0v) is 16.0. The fraction of sp³-hybridized carbons (Fsp3) is 0.300. The van der Waals surface area contributed by atoms with E-state index in [0.717, 1.165) is 5.56 Å². The van der Waals surface area contributed by atoms with Crippen LogP contribution in [0.25, 0.3) is 0 Å². The van der Waals surface area contributed by atoms with Crippen LogP contribution in [0.5, 0.6) is 0 Å². The normalized spacial score (nSPS) is 12.7. The van der Waals surface area contributed by atoms with E-state index in [-0.39, 0.29) is 6.04 Å². The van der Waals surface area contributed by atoms with Gasteiger partial charge in [0.15, 0.2) is 0 Å². The fourth-order valence-corrected chi connectivity index (χ4v) is 2.53. The highest BCUT2D eigenvalue weighted by Gasteiger charge is 2.19. The maximum atomic E-state index is 13.8. The van der Waals surface area contributed by atoms with Crippen LogP contribution in [0.3, 0.4) is 0 Å². The highest BCUT2D eigenvalue weighted by molar-refractivity contribution is 7.84. The van der Waals surface area contributed by atoms with Gasteiger partial charge in [0.05, 0.1) is 12.1 Å². The van der Waals surface area contributed by atoms with E-state index >= 15 is 0 Å². The Kier molecular flexibility index (Phi) is 9.02. The molecule has 0 aliphatic rings. The lowest BCUT2D eigenvalue weighted by Gasteiger charge is -2.27. The molecule has 4 nitrogen and oxygen atoms in total. The number of nitrogens with two attached hydrogens (primary N) is 2. The summed E-state index contributed by atoms with van der Waals surface area (Å²) in [6.45, 7) is 15.4. The molecule has 0 radical (unpaired) electrons. The first-order valence-electron chi connectivity index (χ1n) is 8.38. The van der Waals surface area contributed by atoms with Crippen molar-refractivity contribution in [1.29, 1.82) is 0 Å². The summed E-state index contributed by atoms with van der Waals surface area (Å²) in [6, 6.07) is 6.79. The van der Waals surface area contributed by atoms with E-state index in [2.05, 4.69) is 49.6 Å². The van der Waals surface area contributed by atoms with Crippen LogP contribution in [0, 0.1) is 0 Å². The number of hydrogen-bond donors (Lipinski definition) is 5. The van der Waals surface area contributed by atoms with Gasteiger partial charge in [-0.1, -0.05) is 38.4 Å². The van der Waals surface area contributed by atoms with Crippen molar-refractivity contribution in [3.05, 3.63) is 78.3 Å². The smallest absolute Gasteiger partial charge is 0.115 e. The Hall–Kier alpha value is -2.18. The summed E-state index contributed by atoms with van der Waals surface area (Å²) in [5.74, 6) is -0.454. The molecule has 26 heavy (non-hydrogen) atoms. The van der Waals surface area contributed by atoms with E-state index in [1.54, 1.807) is 0 Å². The number of halogens is 1. The van der Waals surface area contributed by atoms with Crippen molar-refractivity contribution in [1.82, 2.24) is 10.6 Å². The highest BCUT2D eigenvalue weighted by atomic mass is 32.1. The minimum Gasteiger partial charge on any atom is -0.399 e. The molecule has 6 heteroatoms. The average Bonchev–Trinajstić information content (AvgIpc) is 2.58. The zero-order chi connectivity index (χ0) is 19.7. The van der Waals surface area contributed by atoms with Crippen LogP contribution in [0.15, 0.2) is 72.7 Å². The van der Waals surface area contributed by atoms with Crippen LogP contribution in [-0.2, 0) is 6.42 Å². The highest BCUT2D eigenvalue weighted by Crippen LogP contribution is 2.17. The van der Waals surface area contributed by atoms with Gasteiger partial charge in [0.1, 0.15) is 5.83 Å². The third-order valence-corrected chi connectivity index (χ3v) is 4.15. The van der Waals surface area contributed by atoms with E-state index < -0.39 is 11.9 Å². The molecule has 0 spiro atoms. The first-order chi connectivity index (χ1) is 12.2. The Bertz CT molecular complexity index is 654. The molecule has 0 saturated carbocycles. The predicted molar refractivity (Wildman–Crippen MR) is 113 cm³/mol. The van der Waals surface area contributed by atoms with Gasteiger partial charge in [-0.05, 0) is 41.9 Å². The number of nitrogen functional groups attached to an aromatic ring is 1. The second kappa shape index (κ2) is 10.7. The fourth-order valence-electron chi connectivity index (χ4n) is 2.40. The number of anilines is 1. The number of thiol groups is 1.